The summed E-state index contributed by atoms with van der Waals surface area (Å²) in [5.41, 5.74) is 3.33. The van der Waals surface area contributed by atoms with Crippen LogP contribution in [0.5, 0.6) is 0 Å². The van der Waals surface area contributed by atoms with Crippen molar-refractivity contribution in [2.24, 2.45) is 7.05 Å². The maximum Gasteiger partial charge on any atom is 0.179 e. The molecule has 3 rings (SSSR count). The van der Waals surface area contributed by atoms with Crippen molar-refractivity contribution in [2.75, 3.05) is 13.1 Å². The molecule has 116 valence electrons. The van der Waals surface area contributed by atoms with E-state index >= 15 is 0 Å². The highest BCUT2D eigenvalue weighted by Crippen LogP contribution is 2.20. The zero-order valence-electron chi connectivity index (χ0n) is 13.2. The molecule has 5 nitrogen and oxygen atoms in total. The Balaban J connectivity index is 1.91. The molecule has 1 aliphatic heterocycles. The molecule has 0 amide bonds. The zero-order valence-corrected chi connectivity index (χ0v) is 14.0. The molecule has 2 aromatic heterocycles. The van der Waals surface area contributed by atoms with Gasteiger partial charge < -0.3 is 9.55 Å². The Morgan fingerprint density at radius 1 is 1.29 bits per heavy atom. The van der Waals surface area contributed by atoms with Crippen LogP contribution in [0.15, 0.2) is 0 Å². The summed E-state index contributed by atoms with van der Waals surface area (Å²) in [6.45, 7) is 7.80. The van der Waals surface area contributed by atoms with Crippen molar-refractivity contribution in [1.82, 2.24) is 24.2 Å². The van der Waals surface area contributed by atoms with E-state index in [0.29, 0.717) is 6.04 Å². The van der Waals surface area contributed by atoms with E-state index < -0.39 is 0 Å². The number of likely N-dealkylation sites (tertiary alicyclic amines) is 1. The third kappa shape index (κ3) is 2.66. The number of aromatic amines is 1. The van der Waals surface area contributed by atoms with Gasteiger partial charge in [0.2, 0.25) is 0 Å². The molecular weight excluding hydrogens is 282 g/mol. The minimum Gasteiger partial charge on any atom is -0.328 e. The van der Waals surface area contributed by atoms with Crippen LogP contribution < -0.4 is 0 Å². The first kappa shape index (κ1) is 14.8. The van der Waals surface area contributed by atoms with Crippen LogP contribution in [-0.4, -0.2) is 43.4 Å². The van der Waals surface area contributed by atoms with Gasteiger partial charge in [0.25, 0.3) is 0 Å². The largest absolute Gasteiger partial charge is 0.328 e. The SMILES string of the molecule is CCc1nn(C)c2c1[nH]c(=S)n2CC(C)N1CCCCC1. The Hall–Kier alpha value is -1.14. The van der Waals surface area contributed by atoms with E-state index in [1.54, 1.807) is 0 Å². The van der Waals surface area contributed by atoms with E-state index in [1.165, 1.54) is 32.4 Å². The van der Waals surface area contributed by atoms with Gasteiger partial charge in [-0.15, -0.1) is 0 Å². The Morgan fingerprint density at radius 3 is 2.67 bits per heavy atom. The second-order valence-corrected chi connectivity index (χ2v) is 6.50. The fraction of sp³-hybridized carbons (Fsp3) is 0.733. The van der Waals surface area contributed by atoms with Crippen molar-refractivity contribution in [3.05, 3.63) is 10.5 Å². The first-order chi connectivity index (χ1) is 10.1. The Labute approximate surface area is 130 Å². The summed E-state index contributed by atoms with van der Waals surface area (Å²) in [7, 11) is 2.01. The van der Waals surface area contributed by atoms with Crippen molar-refractivity contribution in [2.45, 2.75) is 52.1 Å². The molecule has 1 atom stereocenters. The monoisotopic (exact) mass is 307 g/mol. The molecular formula is C15H25N5S. The highest BCUT2D eigenvalue weighted by atomic mass is 32.1. The Bertz CT molecular complexity index is 674. The standard InChI is InChI=1S/C15H25N5S/c1-4-12-13-14(18(3)17-12)20(15(21)16-13)10-11(2)19-8-6-5-7-9-19/h11H,4-10H2,1-3H3,(H,16,21). The number of nitrogens with zero attached hydrogens (tertiary/aromatic N) is 4. The number of hydrogen-bond donors (Lipinski definition) is 1. The van der Waals surface area contributed by atoms with Crippen molar-refractivity contribution in [3.63, 3.8) is 0 Å². The molecule has 0 bridgehead atoms. The van der Waals surface area contributed by atoms with Crippen LogP contribution in [-0.2, 0) is 20.0 Å². The van der Waals surface area contributed by atoms with Gasteiger partial charge in [-0.05, 0) is 51.5 Å². The first-order valence-electron chi connectivity index (χ1n) is 8.00. The maximum absolute atomic E-state index is 5.54. The molecule has 1 aliphatic rings. The molecule has 6 heteroatoms. The van der Waals surface area contributed by atoms with Gasteiger partial charge in [0.15, 0.2) is 10.4 Å². The zero-order chi connectivity index (χ0) is 15.0. The lowest BCUT2D eigenvalue weighted by Crippen LogP contribution is -2.39. The Kier molecular flexibility index (Phi) is 4.17. The molecule has 2 aromatic rings. The van der Waals surface area contributed by atoms with Gasteiger partial charge in [-0.1, -0.05) is 13.3 Å². The summed E-state index contributed by atoms with van der Waals surface area (Å²) in [4.78, 5) is 5.94. The highest BCUT2D eigenvalue weighted by molar-refractivity contribution is 7.71. The summed E-state index contributed by atoms with van der Waals surface area (Å²) in [5, 5.41) is 4.59. The number of fused-ring (bicyclic) bond motifs is 1. The third-order valence-electron chi connectivity index (χ3n) is 4.62. The van der Waals surface area contributed by atoms with Crippen molar-refractivity contribution >= 4 is 23.4 Å². The van der Waals surface area contributed by atoms with Gasteiger partial charge in [0, 0.05) is 19.6 Å². The average Bonchev–Trinajstić information content (AvgIpc) is 2.98. The fourth-order valence-electron chi connectivity index (χ4n) is 3.43. The number of aryl methyl sites for hydroxylation is 2. The van der Waals surface area contributed by atoms with Crippen molar-refractivity contribution in [1.29, 1.82) is 0 Å². The van der Waals surface area contributed by atoms with Crippen molar-refractivity contribution in [3.8, 4) is 0 Å². The number of H-pyrrole nitrogens is 1. The van der Waals surface area contributed by atoms with E-state index in [0.717, 1.165) is 34.6 Å². The van der Waals surface area contributed by atoms with E-state index in [1.807, 2.05) is 11.7 Å². The first-order valence-corrected chi connectivity index (χ1v) is 8.41. The number of aromatic nitrogens is 4. The van der Waals surface area contributed by atoms with E-state index in [9.17, 15) is 0 Å². The minimum atomic E-state index is 0.510. The second-order valence-electron chi connectivity index (χ2n) is 6.11. The van der Waals surface area contributed by atoms with Gasteiger partial charge in [-0.25, -0.2) is 0 Å². The molecule has 0 aliphatic carbocycles. The number of hydrogen-bond acceptors (Lipinski definition) is 3. The predicted molar refractivity (Wildman–Crippen MR) is 88.2 cm³/mol. The van der Waals surface area contributed by atoms with Crippen LogP contribution in [0, 0.1) is 4.77 Å². The normalized spacial score (nSPS) is 18.4. The molecule has 0 aromatic carbocycles. The third-order valence-corrected chi connectivity index (χ3v) is 4.94. The van der Waals surface area contributed by atoms with Gasteiger partial charge in [0.1, 0.15) is 5.52 Å². The summed E-state index contributed by atoms with van der Waals surface area (Å²) in [6.07, 6.45) is 4.95. The quantitative estimate of drug-likeness (QED) is 0.883. The maximum atomic E-state index is 5.54. The lowest BCUT2D eigenvalue weighted by atomic mass is 10.1. The summed E-state index contributed by atoms with van der Waals surface area (Å²) in [6, 6.07) is 0.510. The van der Waals surface area contributed by atoms with E-state index in [-0.39, 0.29) is 0 Å². The lowest BCUT2D eigenvalue weighted by Gasteiger charge is -2.32. The van der Waals surface area contributed by atoms with Crippen LogP contribution in [0.25, 0.3) is 11.2 Å². The fourth-order valence-corrected chi connectivity index (χ4v) is 3.70. The summed E-state index contributed by atoms with van der Waals surface area (Å²) in [5.74, 6) is 0. The smallest absolute Gasteiger partial charge is 0.179 e. The highest BCUT2D eigenvalue weighted by Gasteiger charge is 2.20. The topological polar surface area (TPSA) is 41.8 Å². The van der Waals surface area contributed by atoms with Crippen LogP contribution >= 0.6 is 12.2 Å². The summed E-state index contributed by atoms with van der Waals surface area (Å²) >= 11 is 5.54. The van der Waals surface area contributed by atoms with Crippen LogP contribution in [0.4, 0.5) is 0 Å². The van der Waals surface area contributed by atoms with E-state index in [4.69, 9.17) is 12.2 Å². The molecule has 21 heavy (non-hydrogen) atoms. The van der Waals surface area contributed by atoms with Crippen molar-refractivity contribution < 1.29 is 0 Å². The minimum absolute atomic E-state index is 0.510. The molecule has 3 heterocycles. The number of nitrogens with one attached hydrogen (secondary N) is 1. The van der Waals surface area contributed by atoms with E-state index in [2.05, 4.69) is 33.4 Å². The Morgan fingerprint density at radius 2 is 2.00 bits per heavy atom. The molecule has 1 saturated heterocycles. The van der Waals surface area contributed by atoms with Gasteiger partial charge in [-0.3, -0.25) is 9.58 Å². The van der Waals surface area contributed by atoms with Gasteiger partial charge >= 0.3 is 0 Å². The number of piperidine rings is 1. The van der Waals surface area contributed by atoms with Gasteiger partial charge in [-0.2, -0.15) is 5.10 Å². The molecule has 1 unspecified atom stereocenters. The van der Waals surface area contributed by atoms with Crippen LogP contribution in [0.3, 0.4) is 0 Å². The average molecular weight is 307 g/mol. The molecule has 0 spiro atoms. The molecule has 0 radical (unpaired) electrons. The number of rotatable bonds is 4. The predicted octanol–water partition coefficient (Wildman–Crippen LogP) is 2.87. The van der Waals surface area contributed by atoms with Crippen LogP contribution in [0.1, 0.15) is 38.8 Å². The molecule has 0 saturated carbocycles. The number of imidazole rings is 1. The molecule has 1 fully saturated rings. The molecule has 1 N–H and O–H groups in total. The lowest BCUT2D eigenvalue weighted by molar-refractivity contribution is 0.160. The second kappa shape index (κ2) is 5.93. The van der Waals surface area contributed by atoms with Gasteiger partial charge in [0.05, 0.1) is 5.69 Å². The summed E-state index contributed by atoms with van der Waals surface area (Å²) < 4.78 is 5.00. The van der Waals surface area contributed by atoms with Crippen LogP contribution in [0.2, 0.25) is 0 Å².